The first-order valence-corrected chi connectivity index (χ1v) is 10.4. The fourth-order valence-corrected chi connectivity index (χ4v) is 2.26. The minimum absolute atomic E-state index is 0.160. The van der Waals surface area contributed by atoms with Gasteiger partial charge in [0.1, 0.15) is 0 Å². The van der Waals surface area contributed by atoms with Crippen molar-refractivity contribution in [2.75, 3.05) is 26.4 Å². The van der Waals surface area contributed by atoms with Crippen LogP contribution in [0.2, 0.25) is 0 Å². The Morgan fingerprint density at radius 2 is 1.60 bits per heavy atom. The molecule has 0 N–H and O–H groups in total. The first-order chi connectivity index (χ1) is 11.8. The van der Waals surface area contributed by atoms with Gasteiger partial charge in [-0.15, -0.1) is 0 Å². The molecule has 0 aromatic rings. The van der Waals surface area contributed by atoms with Gasteiger partial charge in [0.2, 0.25) is 0 Å². The Balaban J connectivity index is 3.98. The van der Waals surface area contributed by atoms with Gasteiger partial charge in [-0.1, -0.05) is 60.8 Å². The molecular formula is C22H45O3. The minimum atomic E-state index is 0.160. The molecule has 0 heterocycles. The smallest absolute Gasteiger partial charge is 0.0629 e. The number of rotatable bonds is 16. The summed E-state index contributed by atoms with van der Waals surface area (Å²) in [6.07, 6.45) is 9.63. The zero-order valence-corrected chi connectivity index (χ0v) is 18.1. The molecule has 0 rings (SSSR count). The number of ether oxygens (including phenoxy) is 3. The third kappa shape index (κ3) is 17.1. The van der Waals surface area contributed by atoms with Crippen molar-refractivity contribution in [3.05, 3.63) is 6.42 Å². The topological polar surface area (TPSA) is 27.7 Å². The first-order valence-electron chi connectivity index (χ1n) is 10.4. The van der Waals surface area contributed by atoms with Crippen LogP contribution in [0.3, 0.4) is 0 Å². The lowest BCUT2D eigenvalue weighted by atomic mass is 9.98. The van der Waals surface area contributed by atoms with Crippen molar-refractivity contribution >= 4 is 0 Å². The van der Waals surface area contributed by atoms with Gasteiger partial charge in [0.25, 0.3) is 0 Å². The van der Waals surface area contributed by atoms with E-state index in [4.69, 9.17) is 14.2 Å². The van der Waals surface area contributed by atoms with Crippen molar-refractivity contribution in [3.63, 3.8) is 0 Å². The fraction of sp³-hybridized carbons (Fsp3) is 0.955. The quantitative estimate of drug-likeness (QED) is 0.314. The summed E-state index contributed by atoms with van der Waals surface area (Å²) in [6.45, 7) is 18.6. The molecule has 2 unspecified atom stereocenters. The van der Waals surface area contributed by atoms with E-state index in [0.29, 0.717) is 12.0 Å². The lowest BCUT2D eigenvalue weighted by Crippen LogP contribution is -2.24. The molecule has 0 saturated carbocycles. The summed E-state index contributed by atoms with van der Waals surface area (Å²) in [6, 6.07) is 0. The van der Waals surface area contributed by atoms with Gasteiger partial charge in [0.05, 0.1) is 18.8 Å². The maximum Gasteiger partial charge on any atom is 0.0629 e. The van der Waals surface area contributed by atoms with Crippen LogP contribution in [0, 0.1) is 17.8 Å². The lowest BCUT2D eigenvalue weighted by Gasteiger charge is -2.24. The highest BCUT2D eigenvalue weighted by atomic mass is 16.5. The van der Waals surface area contributed by atoms with E-state index in [1.165, 1.54) is 25.7 Å². The molecule has 2 atom stereocenters. The molecule has 0 amide bonds. The molecule has 0 fully saturated rings. The third-order valence-electron chi connectivity index (χ3n) is 4.29. The Labute approximate surface area is 158 Å². The highest BCUT2D eigenvalue weighted by Gasteiger charge is 2.16. The lowest BCUT2D eigenvalue weighted by molar-refractivity contribution is -0.00357. The number of unbranched alkanes of at least 4 members (excludes halogenated alkanes) is 3. The molecule has 0 aliphatic heterocycles. The maximum absolute atomic E-state index is 6.12. The third-order valence-corrected chi connectivity index (χ3v) is 4.29. The van der Waals surface area contributed by atoms with Gasteiger partial charge in [-0.2, -0.15) is 0 Å². The van der Waals surface area contributed by atoms with Crippen LogP contribution in [-0.2, 0) is 14.2 Å². The summed E-state index contributed by atoms with van der Waals surface area (Å²) in [5.74, 6) is 0.564. The molecule has 0 aromatic carbocycles. The van der Waals surface area contributed by atoms with Gasteiger partial charge in [-0.25, -0.2) is 0 Å². The van der Waals surface area contributed by atoms with Crippen LogP contribution in [0.25, 0.3) is 0 Å². The average Bonchev–Trinajstić information content (AvgIpc) is 2.53. The van der Waals surface area contributed by atoms with E-state index < -0.39 is 0 Å². The van der Waals surface area contributed by atoms with Gasteiger partial charge in [-0.05, 0) is 43.9 Å². The summed E-state index contributed by atoms with van der Waals surface area (Å²) in [5.41, 5.74) is 0.190. The van der Waals surface area contributed by atoms with Crippen LogP contribution in [0.15, 0.2) is 0 Å². The zero-order valence-electron chi connectivity index (χ0n) is 18.1. The Hall–Kier alpha value is -0.120. The van der Waals surface area contributed by atoms with Gasteiger partial charge in [0.15, 0.2) is 0 Å². The molecule has 0 aliphatic carbocycles. The van der Waals surface area contributed by atoms with Crippen molar-refractivity contribution in [1.29, 1.82) is 0 Å². The fourth-order valence-electron chi connectivity index (χ4n) is 2.26. The largest absolute Gasteiger partial charge is 0.381 e. The predicted octanol–water partition coefficient (Wildman–Crippen LogP) is 6.06. The molecule has 0 saturated heterocycles. The second-order valence-electron chi connectivity index (χ2n) is 8.72. The van der Waals surface area contributed by atoms with Crippen molar-refractivity contribution < 1.29 is 14.2 Å². The average molecular weight is 358 g/mol. The maximum atomic E-state index is 6.12. The Kier molecular flexibility index (Phi) is 14.9. The molecule has 0 bridgehead atoms. The Morgan fingerprint density at radius 1 is 0.880 bits per heavy atom. The van der Waals surface area contributed by atoms with Crippen LogP contribution in [-0.4, -0.2) is 38.6 Å². The van der Waals surface area contributed by atoms with Crippen molar-refractivity contribution in [2.45, 2.75) is 99.2 Å². The molecular weight excluding hydrogens is 312 g/mol. The Morgan fingerprint density at radius 3 is 2.20 bits per heavy atom. The van der Waals surface area contributed by atoms with Crippen LogP contribution in [0.4, 0.5) is 0 Å². The molecule has 3 nitrogen and oxygen atoms in total. The van der Waals surface area contributed by atoms with Crippen molar-refractivity contribution in [1.82, 2.24) is 0 Å². The number of hydrogen-bond acceptors (Lipinski definition) is 3. The summed E-state index contributed by atoms with van der Waals surface area (Å²) < 4.78 is 17.8. The van der Waals surface area contributed by atoms with Crippen molar-refractivity contribution in [2.24, 2.45) is 11.3 Å². The normalized spacial score (nSPS) is 14.9. The van der Waals surface area contributed by atoms with E-state index in [1.54, 1.807) is 0 Å². The predicted molar refractivity (Wildman–Crippen MR) is 108 cm³/mol. The summed E-state index contributed by atoms with van der Waals surface area (Å²) in [5, 5.41) is 0. The summed E-state index contributed by atoms with van der Waals surface area (Å²) in [4.78, 5) is 0. The zero-order chi connectivity index (χ0) is 19.1. The summed E-state index contributed by atoms with van der Waals surface area (Å²) >= 11 is 0. The van der Waals surface area contributed by atoms with E-state index in [9.17, 15) is 0 Å². The molecule has 0 aliphatic rings. The monoisotopic (exact) mass is 357 g/mol. The second kappa shape index (κ2) is 15.0. The van der Waals surface area contributed by atoms with E-state index in [1.807, 2.05) is 0 Å². The SMILES string of the molecule is CCCCCCOCCC([CH]CCOC(C)C(C)C)OCC(C)(C)C. The second-order valence-corrected chi connectivity index (χ2v) is 8.72. The number of hydrogen-bond donors (Lipinski definition) is 0. The molecule has 1 radical (unpaired) electrons. The highest BCUT2D eigenvalue weighted by Crippen LogP contribution is 2.17. The summed E-state index contributed by atoms with van der Waals surface area (Å²) in [7, 11) is 0. The molecule has 0 aromatic heterocycles. The van der Waals surface area contributed by atoms with Gasteiger partial charge in [-0.3, -0.25) is 0 Å². The van der Waals surface area contributed by atoms with E-state index in [0.717, 1.165) is 39.3 Å². The van der Waals surface area contributed by atoms with E-state index in [2.05, 4.69) is 54.9 Å². The first kappa shape index (κ1) is 24.9. The Bertz CT molecular complexity index is 283. The van der Waals surface area contributed by atoms with E-state index in [-0.39, 0.29) is 11.5 Å². The van der Waals surface area contributed by atoms with Gasteiger partial charge in [0, 0.05) is 19.8 Å². The van der Waals surface area contributed by atoms with Crippen molar-refractivity contribution in [3.8, 4) is 0 Å². The highest BCUT2D eigenvalue weighted by molar-refractivity contribution is 4.78. The van der Waals surface area contributed by atoms with Crippen LogP contribution < -0.4 is 0 Å². The van der Waals surface area contributed by atoms with Crippen LogP contribution in [0.5, 0.6) is 0 Å². The standard InChI is InChI=1S/C22H45O3/c1-8-9-10-11-15-23-17-14-21(25-18-22(5,6)7)13-12-16-24-20(4)19(2)3/h13,19-21H,8-12,14-18H2,1-7H3. The van der Waals surface area contributed by atoms with Crippen LogP contribution in [0.1, 0.15) is 87.0 Å². The van der Waals surface area contributed by atoms with E-state index >= 15 is 0 Å². The molecule has 25 heavy (non-hydrogen) atoms. The molecule has 151 valence electrons. The minimum Gasteiger partial charge on any atom is -0.381 e. The van der Waals surface area contributed by atoms with Gasteiger partial charge < -0.3 is 14.2 Å². The van der Waals surface area contributed by atoms with Gasteiger partial charge >= 0.3 is 0 Å². The molecule has 3 heteroatoms. The molecule has 0 spiro atoms. The van der Waals surface area contributed by atoms with Crippen LogP contribution >= 0.6 is 0 Å².